The van der Waals surface area contributed by atoms with Crippen molar-refractivity contribution in [3.8, 4) is 0 Å². The molecule has 2 aromatic carbocycles. The number of urea groups is 1. The summed E-state index contributed by atoms with van der Waals surface area (Å²) in [5, 5.41) is 4.32. The molecule has 0 radical (unpaired) electrons. The molecule has 2 N–H and O–H groups in total. The number of nitrogens with zero attached hydrogens (tertiary/aromatic N) is 2. The Hall–Kier alpha value is -3.21. The van der Waals surface area contributed by atoms with Crippen LogP contribution in [0, 0.1) is 0 Å². The van der Waals surface area contributed by atoms with Crippen molar-refractivity contribution < 1.29 is 4.79 Å². The summed E-state index contributed by atoms with van der Waals surface area (Å²) in [4.78, 5) is 20.9. The third kappa shape index (κ3) is 4.67. The standard InChI is InChI=1S/C27H34N4O/c1-4-15-30-16-13-21(14-17-30)25-19-28-26-12-11-22(18-24(25)26)29-27(32)31(20(3)5-2)23-9-7-6-8-10-23/h6-13,16,18-21,28H,4-5,14-15,17H2,1-3H3,(H,29,32). The van der Waals surface area contributed by atoms with Gasteiger partial charge in [0.15, 0.2) is 0 Å². The first-order valence-corrected chi connectivity index (χ1v) is 11.8. The molecule has 1 aromatic heterocycles. The second kappa shape index (κ2) is 9.94. The van der Waals surface area contributed by atoms with E-state index in [1.165, 1.54) is 17.4 Å². The number of amides is 2. The minimum Gasteiger partial charge on any atom is -0.378 e. The predicted molar refractivity (Wildman–Crippen MR) is 134 cm³/mol. The van der Waals surface area contributed by atoms with Gasteiger partial charge in [0.1, 0.15) is 0 Å². The van der Waals surface area contributed by atoms with E-state index in [-0.39, 0.29) is 12.1 Å². The molecule has 0 fully saturated rings. The Morgan fingerprint density at radius 3 is 2.72 bits per heavy atom. The molecule has 5 heteroatoms. The zero-order valence-electron chi connectivity index (χ0n) is 19.3. The first-order chi connectivity index (χ1) is 15.6. The van der Waals surface area contributed by atoms with Gasteiger partial charge < -0.3 is 15.2 Å². The number of hydrogen-bond donors (Lipinski definition) is 2. The van der Waals surface area contributed by atoms with Gasteiger partial charge in [-0.3, -0.25) is 4.90 Å². The summed E-state index contributed by atoms with van der Waals surface area (Å²) in [7, 11) is 0. The van der Waals surface area contributed by atoms with Gasteiger partial charge in [-0.05, 0) is 68.3 Å². The van der Waals surface area contributed by atoms with Gasteiger partial charge in [-0.2, -0.15) is 0 Å². The number of allylic oxidation sites excluding steroid dienone is 1. The van der Waals surface area contributed by atoms with Gasteiger partial charge in [-0.15, -0.1) is 0 Å². The molecule has 0 aliphatic carbocycles. The first-order valence-electron chi connectivity index (χ1n) is 11.8. The minimum absolute atomic E-state index is 0.0994. The summed E-state index contributed by atoms with van der Waals surface area (Å²) < 4.78 is 0. The van der Waals surface area contributed by atoms with Crippen molar-refractivity contribution in [2.24, 2.45) is 0 Å². The summed E-state index contributed by atoms with van der Waals surface area (Å²) in [5.74, 6) is 0.392. The zero-order chi connectivity index (χ0) is 22.5. The summed E-state index contributed by atoms with van der Waals surface area (Å²) in [6, 6.07) is 16.0. The molecule has 0 spiro atoms. The van der Waals surface area contributed by atoms with Crippen LogP contribution >= 0.6 is 0 Å². The van der Waals surface area contributed by atoms with Crippen LogP contribution in [0.1, 0.15) is 51.5 Å². The lowest BCUT2D eigenvalue weighted by Crippen LogP contribution is -2.41. The quantitative estimate of drug-likeness (QED) is 0.437. The topological polar surface area (TPSA) is 51.4 Å². The van der Waals surface area contributed by atoms with Crippen molar-refractivity contribution in [3.63, 3.8) is 0 Å². The Labute approximate surface area is 191 Å². The minimum atomic E-state index is -0.102. The van der Waals surface area contributed by atoms with Gasteiger partial charge in [-0.1, -0.05) is 38.1 Å². The molecule has 168 valence electrons. The Morgan fingerprint density at radius 2 is 2.03 bits per heavy atom. The van der Waals surface area contributed by atoms with E-state index in [9.17, 15) is 4.79 Å². The van der Waals surface area contributed by atoms with Gasteiger partial charge >= 0.3 is 6.03 Å². The van der Waals surface area contributed by atoms with Crippen LogP contribution in [0.15, 0.2) is 67.0 Å². The van der Waals surface area contributed by atoms with Crippen LogP contribution in [0.3, 0.4) is 0 Å². The van der Waals surface area contributed by atoms with Crippen molar-refractivity contribution in [1.29, 1.82) is 0 Å². The van der Waals surface area contributed by atoms with Gasteiger partial charge in [0.25, 0.3) is 0 Å². The number of carbonyl (C=O) groups is 1. The van der Waals surface area contributed by atoms with Crippen LogP contribution in [0.25, 0.3) is 10.9 Å². The molecule has 2 atom stereocenters. The number of H-pyrrole nitrogens is 1. The smallest absolute Gasteiger partial charge is 0.326 e. The molecule has 1 aliphatic heterocycles. The van der Waals surface area contributed by atoms with Crippen molar-refractivity contribution in [2.75, 3.05) is 23.3 Å². The zero-order valence-corrected chi connectivity index (χ0v) is 19.3. The number of para-hydroxylation sites is 1. The third-order valence-corrected chi connectivity index (χ3v) is 6.42. The summed E-state index contributed by atoms with van der Waals surface area (Å²) in [5.41, 5.74) is 4.13. The van der Waals surface area contributed by atoms with Crippen LogP contribution in [0.5, 0.6) is 0 Å². The number of aromatic nitrogens is 1. The Morgan fingerprint density at radius 1 is 1.22 bits per heavy atom. The molecule has 32 heavy (non-hydrogen) atoms. The van der Waals surface area contributed by atoms with Crippen LogP contribution < -0.4 is 10.2 Å². The van der Waals surface area contributed by atoms with Crippen molar-refractivity contribution >= 4 is 28.3 Å². The third-order valence-electron chi connectivity index (χ3n) is 6.42. The number of nitrogens with one attached hydrogen (secondary N) is 2. The van der Waals surface area contributed by atoms with Gasteiger partial charge in [0.2, 0.25) is 0 Å². The van der Waals surface area contributed by atoms with E-state index in [2.05, 4.69) is 66.6 Å². The lowest BCUT2D eigenvalue weighted by Gasteiger charge is -2.29. The van der Waals surface area contributed by atoms with Crippen molar-refractivity contribution in [2.45, 2.75) is 52.0 Å². The van der Waals surface area contributed by atoms with Crippen LogP contribution in [0.2, 0.25) is 0 Å². The average Bonchev–Trinajstić information content (AvgIpc) is 3.24. The number of rotatable bonds is 7. The maximum absolute atomic E-state index is 13.3. The highest BCUT2D eigenvalue weighted by molar-refractivity contribution is 6.03. The van der Waals surface area contributed by atoms with Gasteiger partial charge in [0, 0.05) is 53.5 Å². The molecule has 2 unspecified atom stereocenters. The maximum atomic E-state index is 13.3. The van der Waals surface area contributed by atoms with Crippen LogP contribution in [-0.2, 0) is 0 Å². The van der Waals surface area contributed by atoms with E-state index in [1.54, 1.807) is 0 Å². The fraction of sp³-hybridized carbons (Fsp3) is 0.370. The van der Waals surface area contributed by atoms with Crippen molar-refractivity contribution in [3.05, 3.63) is 72.6 Å². The normalized spacial score (nSPS) is 16.8. The number of hydrogen-bond acceptors (Lipinski definition) is 2. The van der Waals surface area contributed by atoms with E-state index >= 15 is 0 Å². The summed E-state index contributed by atoms with van der Waals surface area (Å²) in [6.45, 7) is 8.60. The molecule has 0 bridgehead atoms. The maximum Gasteiger partial charge on any atom is 0.326 e. The van der Waals surface area contributed by atoms with E-state index in [0.717, 1.165) is 42.8 Å². The van der Waals surface area contributed by atoms with Crippen molar-refractivity contribution in [1.82, 2.24) is 9.88 Å². The van der Waals surface area contributed by atoms with Crippen LogP contribution in [-0.4, -0.2) is 35.0 Å². The number of benzene rings is 2. The molecule has 2 amide bonds. The summed E-state index contributed by atoms with van der Waals surface area (Å²) in [6.07, 6.45) is 9.83. The Balaban J connectivity index is 1.57. The number of anilines is 2. The van der Waals surface area contributed by atoms with E-state index < -0.39 is 0 Å². The highest BCUT2D eigenvalue weighted by Crippen LogP contribution is 2.33. The SMILES string of the molecule is CCCN1C=CC(c2c[nH]c3ccc(NC(=O)N(c4ccccc4)C(C)CC)cc23)CC1. The molecule has 0 saturated heterocycles. The van der Waals surface area contributed by atoms with Gasteiger partial charge in [0.05, 0.1) is 0 Å². The van der Waals surface area contributed by atoms with Gasteiger partial charge in [-0.25, -0.2) is 4.79 Å². The van der Waals surface area contributed by atoms with E-state index in [4.69, 9.17) is 0 Å². The highest BCUT2D eigenvalue weighted by Gasteiger charge is 2.22. The number of carbonyl (C=O) groups excluding carboxylic acids is 1. The van der Waals surface area contributed by atoms with E-state index in [0.29, 0.717) is 5.92 Å². The molecular weight excluding hydrogens is 396 g/mol. The lowest BCUT2D eigenvalue weighted by atomic mass is 9.93. The molecule has 5 nitrogen and oxygen atoms in total. The fourth-order valence-electron chi connectivity index (χ4n) is 4.49. The number of aromatic amines is 1. The largest absolute Gasteiger partial charge is 0.378 e. The molecule has 4 rings (SSSR count). The lowest BCUT2D eigenvalue weighted by molar-refractivity contribution is 0.255. The molecule has 3 aromatic rings. The Bertz CT molecular complexity index is 1070. The highest BCUT2D eigenvalue weighted by atomic mass is 16.2. The predicted octanol–water partition coefficient (Wildman–Crippen LogP) is 6.72. The summed E-state index contributed by atoms with van der Waals surface area (Å²) >= 11 is 0. The van der Waals surface area contributed by atoms with E-state index in [1.807, 2.05) is 41.3 Å². The van der Waals surface area contributed by atoms with Crippen LogP contribution in [0.4, 0.5) is 16.2 Å². The fourth-order valence-corrected chi connectivity index (χ4v) is 4.49. The monoisotopic (exact) mass is 430 g/mol. The first kappa shape index (κ1) is 22.0. The molecule has 2 heterocycles. The molecule has 1 aliphatic rings. The second-order valence-electron chi connectivity index (χ2n) is 8.67. The second-order valence-corrected chi connectivity index (χ2v) is 8.67. The Kier molecular flexibility index (Phi) is 6.84. The average molecular weight is 431 g/mol. The number of fused-ring (bicyclic) bond motifs is 1. The molecule has 0 saturated carbocycles. The molecular formula is C27H34N4O.